The van der Waals surface area contributed by atoms with Crippen LogP contribution in [0.15, 0.2) is 47.6 Å². The predicted molar refractivity (Wildman–Crippen MR) is 139 cm³/mol. The molecule has 1 atom stereocenters. The minimum Gasteiger partial charge on any atom is -0.490 e. The highest BCUT2D eigenvalue weighted by Gasteiger charge is 2.22. The summed E-state index contributed by atoms with van der Waals surface area (Å²) in [4.78, 5) is 36.6. The van der Waals surface area contributed by atoms with Gasteiger partial charge in [0.1, 0.15) is 11.8 Å². The van der Waals surface area contributed by atoms with Gasteiger partial charge in [0.25, 0.3) is 11.8 Å². The van der Waals surface area contributed by atoms with Gasteiger partial charge in [-0.25, -0.2) is 10.2 Å². The van der Waals surface area contributed by atoms with Gasteiger partial charge >= 0.3 is 5.97 Å². The molecule has 2 rings (SSSR count). The first-order chi connectivity index (χ1) is 17.7. The van der Waals surface area contributed by atoms with E-state index in [-0.39, 0.29) is 19.1 Å². The Labute approximate surface area is 217 Å². The van der Waals surface area contributed by atoms with Gasteiger partial charge in [-0.05, 0) is 61.6 Å². The van der Waals surface area contributed by atoms with Crippen LogP contribution in [0.25, 0.3) is 0 Å². The van der Waals surface area contributed by atoms with Crippen molar-refractivity contribution in [2.75, 3.05) is 26.9 Å². The lowest BCUT2D eigenvalue weighted by Gasteiger charge is -2.19. The predicted octanol–water partition coefficient (Wildman–Crippen LogP) is 3.01. The minimum absolute atomic E-state index is 0.156. The van der Waals surface area contributed by atoms with Crippen molar-refractivity contribution in [3.05, 3.63) is 53.6 Å². The van der Waals surface area contributed by atoms with Crippen molar-refractivity contribution in [1.29, 1.82) is 0 Å². The van der Waals surface area contributed by atoms with E-state index in [4.69, 9.17) is 14.2 Å². The van der Waals surface area contributed by atoms with Gasteiger partial charge in [0.15, 0.2) is 24.7 Å². The van der Waals surface area contributed by atoms with Gasteiger partial charge in [0.05, 0.1) is 19.9 Å². The van der Waals surface area contributed by atoms with Gasteiger partial charge in [-0.3, -0.25) is 9.59 Å². The molecule has 2 aromatic rings. The molecule has 0 bridgehead atoms. The normalized spacial score (nSPS) is 11.6. The standard InChI is InChI=1S/C27H35N3O7/c1-6-35-24-14-20(11-12-23(24)37-17-26(32)34-5)15-28-30-27(33)21(13-18(2)3)29-25(31)16-36-22-10-8-7-9-19(22)4/h7-12,14-15,18,21H,6,13,16-17H2,1-5H3,(H,29,31)(H,30,33)/b28-15-/t21-/m0/s1. The highest BCUT2D eigenvalue weighted by atomic mass is 16.6. The van der Waals surface area contributed by atoms with Crippen molar-refractivity contribution in [1.82, 2.24) is 10.7 Å². The number of carbonyl (C=O) groups excluding carboxylic acids is 3. The van der Waals surface area contributed by atoms with Crippen molar-refractivity contribution < 1.29 is 33.3 Å². The van der Waals surface area contributed by atoms with Crippen LogP contribution in [0, 0.1) is 12.8 Å². The van der Waals surface area contributed by atoms with Crippen molar-refractivity contribution in [2.24, 2.45) is 11.0 Å². The van der Waals surface area contributed by atoms with Crippen LogP contribution in [0.4, 0.5) is 0 Å². The molecule has 200 valence electrons. The highest BCUT2D eigenvalue weighted by Crippen LogP contribution is 2.28. The second-order valence-corrected chi connectivity index (χ2v) is 8.54. The summed E-state index contributed by atoms with van der Waals surface area (Å²) >= 11 is 0. The van der Waals surface area contributed by atoms with Gasteiger partial charge in [-0.2, -0.15) is 5.10 Å². The molecule has 0 aromatic heterocycles. The molecule has 10 nitrogen and oxygen atoms in total. The Morgan fingerprint density at radius 2 is 1.70 bits per heavy atom. The number of hydrogen-bond acceptors (Lipinski definition) is 8. The fourth-order valence-electron chi connectivity index (χ4n) is 3.24. The Bertz CT molecular complexity index is 1090. The molecule has 0 aliphatic rings. The first-order valence-corrected chi connectivity index (χ1v) is 12.0. The summed E-state index contributed by atoms with van der Waals surface area (Å²) < 4.78 is 21.2. The van der Waals surface area contributed by atoms with Crippen LogP contribution in [0.5, 0.6) is 17.2 Å². The van der Waals surface area contributed by atoms with Crippen molar-refractivity contribution in [3.63, 3.8) is 0 Å². The monoisotopic (exact) mass is 513 g/mol. The van der Waals surface area contributed by atoms with E-state index >= 15 is 0 Å². The number of carbonyl (C=O) groups is 3. The molecule has 0 fully saturated rings. The van der Waals surface area contributed by atoms with E-state index < -0.39 is 23.8 Å². The average molecular weight is 514 g/mol. The number of amides is 2. The topological polar surface area (TPSA) is 125 Å². The van der Waals surface area contributed by atoms with E-state index in [1.54, 1.807) is 24.3 Å². The number of rotatable bonds is 14. The fourth-order valence-corrected chi connectivity index (χ4v) is 3.24. The molecule has 37 heavy (non-hydrogen) atoms. The largest absolute Gasteiger partial charge is 0.490 e. The number of para-hydroxylation sites is 1. The zero-order valence-electron chi connectivity index (χ0n) is 21.9. The van der Waals surface area contributed by atoms with E-state index in [1.807, 2.05) is 45.9 Å². The number of methoxy groups -OCH3 is 1. The zero-order chi connectivity index (χ0) is 27.2. The minimum atomic E-state index is -0.779. The summed E-state index contributed by atoms with van der Waals surface area (Å²) in [5.74, 6) is 0.194. The second kappa shape index (κ2) is 15.1. The van der Waals surface area contributed by atoms with E-state index in [1.165, 1.54) is 13.3 Å². The maximum absolute atomic E-state index is 12.8. The Morgan fingerprint density at radius 1 is 0.973 bits per heavy atom. The number of ether oxygens (including phenoxy) is 4. The van der Waals surface area contributed by atoms with Gasteiger partial charge in [-0.15, -0.1) is 0 Å². The summed E-state index contributed by atoms with van der Waals surface area (Å²) in [5, 5.41) is 6.75. The molecule has 0 spiro atoms. The van der Waals surface area contributed by atoms with Crippen LogP contribution in [-0.4, -0.2) is 57.0 Å². The Hall–Kier alpha value is -4.08. The summed E-state index contributed by atoms with van der Waals surface area (Å²) in [7, 11) is 1.28. The number of esters is 1. The maximum atomic E-state index is 12.8. The molecular formula is C27H35N3O7. The van der Waals surface area contributed by atoms with Crippen molar-refractivity contribution in [2.45, 2.75) is 40.2 Å². The molecule has 10 heteroatoms. The fraction of sp³-hybridized carbons (Fsp3) is 0.407. The molecule has 0 radical (unpaired) electrons. The van der Waals surface area contributed by atoms with Gasteiger partial charge < -0.3 is 24.3 Å². The first kappa shape index (κ1) is 29.2. The van der Waals surface area contributed by atoms with E-state index in [0.717, 1.165) is 5.56 Å². The molecule has 0 heterocycles. The summed E-state index contributed by atoms with van der Waals surface area (Å²) in [6.07, 6.45) is 1.87. The van der Waals surface area contributed by atoms with E-state index in [0.29, 0.717) is 35.8 Å². The van der Waals surface area contributed by atoms with E-state index in [9.17, 15) is 14.4 Å². The molecule has 2 aromatic carbocycles. The highest BCUT2D eigenvalue weighted by molar-refractivity contribution is 5.89. The molecule has 0 saturated heterocycles. The zero-order valence-corrected chi connectivity index (χ0v) is 21.9. The van der Waals surface area contributed by atoms with Gasteiger partial charge in [0.2, 0.25) is 0 Å². The van der Waals surface area contributed by atoms with E-state index in [2.05, 4.69) is 20.6 Å². The SMILES string of the molecule is CCOc1cc(/C=N\NC(=O)[C@H](CC(C)C)NC(=O)COc2ccccc2C)ccc1OCC(=O)OC. The Kier molecular flexibility index (Phi) is 11.9. The third-order valence-corrected chi connectivity index (χ3v) is 5.04. The molecule has 2 N–H and O–H groups in total. The summed E-state index contributed by atoms with van der Waals surface area (Å²) in [6.45, 7) is 7.55. The molecular weight excluding hydrogens is 478 g/mol. The quantitative estimate of drug-likeness (QED) is 0.226. The van der Waals surface area contributed by atoms with Crippen LogP contribution in [0.2, 0.25) is 0 Å². The lowest BCUT2D eigenvalue weighted by atomic mass is 10.0. The number of nitrogens with zero attached hydrogens (tertiary/aromatic N) is 1. The smallest absolute Gasteiger partial charge is 0.343 e. The molecule has 0 aliphatic heterocycles. The summed E-state index contributed by atoms with van der Waals surface area (Å²) in [6, 6.07) is 11.6. The Balaban J connectivity index is 1.99. The first-order valence-electron chi connectivity index (χ1n) is 12.0. The van der Waals surface area contributed by atoms with Gasteiger partial charge in [0, 0.05) is 0 Å². The number of nitrogens with one attached hydrogen (secondary N) is 2. The third kappa shape index (κ3) is 10.2. The lowest BCUT2D eigenvalue weighted by molar-refractivity contribution is -0.143. The number of aryl methyl sites for hydroxylation is 1. The molecule has 0 saturated carbocycles. The third-order valence-electron chi connectivity index (χ3n) is 5.04. The van der Waals surface area contributed by atoms with Crippen LogP contribution >= 0.6 is 0 Å². The van der Waals surface area contributed by atoms with Crippen LogP contribution in [0.3, 0.4) is 0 Å². The number of hydrazone groups is 1. The average Bonchev–Trinajstić information content (AvgIpc) is 2.87. The molecule has 2 amide bonds. The molecule has 0 aliphatic carbocycles. The number of hydrogen-bond donors (Lipinski definition) is 2. The van der Waals surface area contributed by atoms with Crippen molar-refractivity contribution >= 4 is 24.0 Å². The van der Waals surface area contributed by atoms with Crippen LogP contribution in [0.1, 0.15) is 38.3 Å². The molecule has 0 unspecified atom stereocenters. The summed E-state index contributed by atoms with van der Waals surface area (Å²) in [5.41, 5.74) is 4.02. The van der Waals surface area contributed by atoms with Gasteiger partial charge in [-0.1, -0.05) is 32.0 Å². The maximum Gasteiger partial charge on any atom is 0.343 e. The number of benzene rings is 2. The van der Waals surface area contributed by atoms with Crippen LogP contribution < -0.4 is 25.0 Å². The van der Waals surface area contributed by atoms with Crippen LogP contribution in [-0.2, 0) is 19.1 Å². The Morgan fingerprint density at radius 3 is 2.38 bits per heavy atom. The van der Waals surface area contributed by atoms with Crippen molar-refractivity contribution in [3.8, 4) is 17.2 Å². The lowest BCUT2D eigenvalue weighted by Crippen LogP contribution is -2.47. The second-order valence-electron chi connectivity index (χ2n) is 8.54.